The Morgan fingerprint density at radius 2 is 2.19 bits per heavy atom. The van der Waals surface area contributed by atoms with Crippen LogP contribution in [-0.2, 0) is 4.74 Å². The van der Waals surface area contributed by atoms with E-state index in [1.807, 2.05) is 26.1 Å². The lowest BCUT2D eigenvalue weighted by molar-refractivity contribution is -0.0939. The number of hydrogen-bond donors (Lipinski definition) is 1. The molecule has 2 rings (SSSR count). The molecule has 0 aliphatic heterocycles. The molecule has 1 aromatic heterocycles. The third-order valence-electron chi connectivity index (χ3n) is 4.39. The van der Waals surface area contributed by atoms with Crippen molar-refractivity contribution in [3.05, 3.63) is 24.0 Å². The van der Waals surface area contributed by atoms with Gasteiger partial charge in [-0.25, -0.2) is 0 Å². The fraction of sp³-hybridized carbons (Fsp3) is 0.706. The fourth-order valence-corrected chi connectivity index (χ4v) is 3.49. The molecule has 1 aromatic rings. The van der Waals surface area contributed by atoms with E-state index in [0.717, 1.165) is 24.2 Å². The lowest BCUT2D eigenvalue weighted by Gasteiger charge is -2.44. The molecular weight excluding hydrogens is 264 g/mol. The molecule has 4 nitrogen and oxygen atoms in total. The third-order valence-corrected chi connectivity index (χ3v) is 4.39. The van der Waals surface area contributed by atoms with E-state index in [-0.39, 0.29) is 11.6 Å². The Hall–Kier alpha value is -1.13. The Bertz CT molecular complexity index is 448. The summed E-state index contributed by atoms with van der Waals surface area (Å²) in [7, 11) is 0. The van der Waals surface area contributed by atoms with Crippen molar-refractivity contribution in [1.82, 2.24) is 4.98 Å². The molecule has 118 valence electrons. The van der Waals surface area contributed by atoms with Crippen LogP contribution in [0.4, 0.5) is 0 Å². The molecular formula is C17H28N2O2. The number of ether oxygens (including phenoxy) is 2. The highest BCUT2D eigenvalue weighted by Gasteiger charge is 2.41. The second-order valence-electron chi connectivity index (χ2n) is 6.06. The summed E-state index contributed by atoms with van der Waals surface area (Å²) in [6.07, 6.45) is 8.04. The van der Waals surface area contributed by atoms with Crippen LogP contribution >= 0.6 is 0 Å². The highest BCUT2D eigenvalue weighted by molar-refractivity contribution is 5.28. The maximum absolute atomic E-state index is 6.60. The highest BCUT2D eigenvalue weighted by Crippen LogP contribution is 2.42. The molecule has 1 fully saturated rings. The van der Waals surface area contributed by atoms with Crippen LogP contribution in [0.2, 0.25) is 0 Å². The van der Waals surface area contributed by atoms with Gasteiger partial charge < -0.3 is 15.2 Å². The lowest BCUT2D eigenvalue weighted by Crippen LogP contribution is -2.47. The average molecular weight is 292 g/mol. The molecule has 0 radical (unpaired) electrons. The summed E-state index contributed by atoms with van der Waals surface area (Å²) in [5.74, 6) is 1.43. The topological polar surface area (TPSA) is 57.4 Å². The quantitative estimate of drug-likeness (QED) is 0.872. The molecule has 1 aliphatic rings. The molecule has 1 saturated carbocycles. The number of nitrogens with two attached hydrogens (primary N) is 1. The molecule has 1 heterocycles. The molecule has 3 unspecified atom stereocenters. The van der Waals surface area contributed by atoms with Crippen molar-refractivity contribution in [3.63, 3.8) is 0 Å². The van der Waals surface area contributed by atoms with E-state index in [2.05, 4.69) is 11.9 Å². The zero-order valence-corrected chi connectivity index (χ0v) is 13.5. The fourth-order valence-electron chi connectivity index (χ4n) is 3.49. The first-order chi connectivity index (χ1) is 10.1. The molecule has 0 amide bonds. The van der Waals surface area contributed by atoms with Crippen LogP contribution in [0.3, 0.4) is 0 Å². The molecule has 4 heteroatoms. The van der Waals surface area contributed by atoms with Crippen LogP contribution in [0.1, 0.15) is 58.1 Å². The first-order valence-electron chi connectivity index (χ1n) is 8.08. The van der Waals surface area contributed by atoms with Crippen molar-refractivity contribution >= 4 is 0 Å². The number of hydrogen-bond acceptors (Lipinski definition) is 4. The minimum absolute atomic E-state index is 0.159. The Kier molecular flexibility index (Phi) is 5.59. The van der Waals surface area contributed by atoms with Gasteiger partial charge in [0.2, 0.25) is 0 Å². The third kappa shape index (κ3) is 3.74. The first-order valence-corrected chi connectivity index (χ1v) is 8.08. The van der Waals surface area contributed by atoms with E-state index in [1.165, 1.54) is 12.8 Å². The van der Waals surface area contributed by atoms with Crippen LogP contribution in [0.25, 0.3) is 0 Å². The maximum atomic E-state index is 6.60. The highest BCUT2D eigenvalue weighted by atomic mass is 16.5. The largest absolute Gasteiger partial charge is 0.492 e. The van der Waals surface area contributed by atoms with Gasteiger partial charge in [0.15, 0.2) is 0 Å². The molecule has 0 saturated heterocycles. The minimum Gasteiger partial charge on any atom is -0.492 e. The Morgan fingerprint density at radius 3 is 2.86 bits per heavy atom. The Balaban J connectivity index is 2.25. The van der Waals surface area contributed by atoms with Crippen molar-refractivity contribution in [1.29, 1.82) is 0 Å². The van der Waals surface area contributed by atoms with E-state index in [0.29, 0.717) is 19.1 Å². The molecule has 2 N–H and O–H groups in total. The summed E-state index contributed by atoms with van der Waals surface area (Å²) in [5.41, 5.74) is 7.34. The number of aromatic nitrogens is 1. The predicted molar refractivity (Wildman–Crippen MR) is 84.3 cm³/mol. The molecule has 0 bridgehead atoms. The summed E-state index contributed by atoms with van der Waals surface area (Å²) in [6, 6.07) is 1.84. The van der Waals surface area contributed by atoms with Gasteiger partial charge in [-0.3, -0.25) is 4.98 Å². The Labute approximate surface area is 128 Å². The monoisotopic (exact) mass is 292 g/mol. The van der Waals surface area contributed by atoms with E-state index in [9.17, 15) is 0 Å². The van der Waals surface area contributed by atoms with Gasteiger partial charge in [-0.1, -0.05) is 19.8 Å². The minimum atomic E-state index is -0.265. The summed E-state index contributed by atoms with van der Waals surface area (Å²) < 4.78 is 11.7. The second kappa shape index (κ2) is 7.23. The van der Waals surface area contributed by atoms with Crippen LogP contribution in [0.15, 0.2) is 18.5 Å². The van der Waals surface area contributed by atoms with E-state index in [1.54, 1.807) is 6.20 Å². The number of rotatable bonds is 6. The number of nitrogens with zero attached hydrogens (tertiary/aromatic N) is 1. The Morgan fingerprint density at radius 1 is 1.38 bits per heavy atom. The maximum Gasteiger partial charge on any atom is 0.137 e. The zero-order valence-electron chi connectivity index (χ0n) is 13.5. The van der Waals surface area contributed by atoms with Crippen LogP contribution in [-0.4, -0.2) is 23.8 Å². The van der Waals surface area contributed by atoms with Crippen molar-refractivity contribution in [2.75, 3.05) is 13.2 Å². The van der Waals surface area contributed by atoms with E-state index < -0.39 is 0 Å². The molecule has 1 aliphatic carbocycles. The molecule has 0 spiro atoms. The molecule has 0 aromatic carbocycles. The van der Waals surface area contributed by atoms with Crippen LogP contribution in [0, 0.1) is 5.92 Å². The van der Waals surface area contributed by atoms with E-state index >= 15 is 0 Å². The van der Waals surface area contributed by atoms with Gasteiger partial charge in [-0.05, 0) is 44.2 Å². The SMILES string of the molecule is CCOc1cncc(C(N)C2(OCC)CCCC(C)C2)c1. The van der Waals surface area contributed by atoms with Gasteiger partial charge >= 0.3 is 0 Å². The smallest absolute Gasteiger partial charge is 0.137 e. The van der Waals surface area contributed by atoms with Gasteiger partial charge in [-0.15, -0.1) is 0 Å². The first kappa shape index (κ1) is 16.2. The summed E-state index contributed by atoms with van der Waals surface area (Å²) in [4.78, 5) is 4.27. The summed E-state index contributed by atoms with van der Waals surface area (Å²) >= 11 is 0. The van der Waals surface area contributed by atoms with Gasteiger partial charge in [0.25, 0.3) is 0 Å². The van der Waals surface area contributed by atoms with E-state index in [4.69, 9.17) is 15.2 Å². The zero-order chi connectivity index (χ0) is 15.3. The van der Waals surface area contributed by atoms with Crippen LogP contribution < -0.4 is 10.5 Å². The van der Waals surface area contributed by atoms with Crippen molar-refractivity contribution in [2.24, 2.45) is 11.7 Å². The van der Waals surface area contributed by atoms with Crippen LogP contribution in [0.5, 0.6) is 5.75 Å². The van der Waals surface area contributed by atoms with Gasteiger partial charge in [-0.2, -0.15) is 0 Å². The van der Waals surface area contributed by atoms with Crippen molar-refractivity contribution < 1.29 is 9.47 Å². The normalized spacial score (nSPS) is 27.3. The van der Waals surface area contributed by atoms with Gasteiger partial charge in [0.05, 0.1) is 24.4 Å². The second-order valence-corrected chi connectivity index (χ2v) is 6.06. The molecule has 3 atom stereocenters. The van der Waals surface area contributed by atoms with Gasteiger partial charge in [0, 0.05) is 12.8 Å². The average Bonchev–Trinajstić information content (AvgIpc) is 2.47. The molecule has 21 heavy (non-hydrogen) atoms. The predicted octanol–water partition coefficient (Wildman–Crippen LogP) is 3.47. The standard InChI is InChI=1S/C17H28N2O2/c1-4-20-15-9-14(11-19-12-15)16(18)17(21-5-2)8-6-7-13(3)10-17/h9,11-13,16H,4-8,10,18H2,1-3H3. The van der Waals surface area contributed by atoms with Crippen molar-refractivity contribution in [3.8, 4) is 5.75 Å². The summed E-state index contributed by atoms with van der Waals surface area (Å²) in [5, 5.41) is 0. The number of pyridine rings is 1. The van der Waals surface area contributed by atoms with Gasteiger partial charge in [0.1, 0.15) is 5.75 Å². The lowest BCUT2D eigenvalue weighted by atomic mass is 9.73. The van der Waals surface area contributed by atoms with Crippen molar-refractivity contribution in [2.45, 2.75) is 58.1 Å². The summed E-state index contributed by atoms with van der Waals surface area (Å²) in [6.45, 7) is 7.63.